The predicted octanol–water partition coefficient (Wildman–Crippen LogP) is 4.66. The predicted molar refractivity (Wildman–Crippen MR) is 126 cm³/mol. The third kappa shape index (κ3) is 5.28. The summed E-state index contributed by atoms with van der Waals surface area (Å²) in [5, 5.41) is 8.49. The van der Waals surface area contributed by atoms with E-state index in [9.17, 15) is 9.59 Å². The molecule has 0 aliphatic carbocycles. The van der Waals surface area contributed by atoms with E-state index in [1.54, 1.807) is 35.6 Å². The summed E-state index contributed by atoms with van der Waals surface area (Å²) in [5.74, 6) is -0.254. The first-order chi connectivity index (χ1) is 15.1. The quantitative estimate of drug-likeness (QED) is 0.317. The molecule has 2 amide bonds. The van der Waals surface area contributed by atoms with Crippen molar-refractivity contribution in [3.63, 3.8) is 0 Å². The van der Waals surface area contributed by atoms with Gasteiger partial charge in [-0.1, -0.05) is 53.7 Å². The second kappa shape index (κ2) is 9.72. The minimum absolute atomic E-state index is 0.184. The average molecular weight is 449 g/mol. The summed E-state index contributed by atoms with van der Waals surface area (Å²) in [6.45, 7) is 2.44. The molecule has 0 saturated heterocycles. The Morgan fingerprint density at radius 1 is 1.03 bits per heavy atom. The van der Waals surface area contributed by atoms with E-state index in [1.807, 2.05) is 42.6 Å². The molecule has 2 aromatic carbocycles. The Morgan fingerprint density at radius 3 is 2.68 bits per heavy atom. The molecule has 0 radical (unpaired) electrons. The molecule has 6 nitrogen and oxygen atoms in total. The van der Waals surface area contributed by atoms with Crippen molar-refractivity contribution in [2.45, 2.75) is 18.5 Å². The van der Waals surface area contributed by atoms with Crippen molar-refractivity contribution in [3.8, 4) is 0 Å². The molecule has 156 valence electrons. The van der Waals surface area contributed by atoms with Gasteiger partial charge in [0.2, 0.25) is 5.91 Å². The zero-order chi connectivity index (χ0) is 21.6. The van der Waals surface area contributed by atoms with Crippen LogP contribution in [0.15, 0.2) is 71.3 Å². The lowest BCUT2D eigenvalue weighted by molar-refractivity contribution is -0.113. The van der Waals surface area contributed by atoms with E-state index in [0.717, 1.165) is 20.8 Å². The summed E-state index contributed by atoms with van der Waals surface area (Å²) in [5.41, 5.74) is 3.97. The number of anilines is 1. The van der Waals surface area contributed by atoms with E-state index in [0.29, 0.717) is 17.8 Å². The summed E-state index contributed by atoms with van der Waals surface area (Å²) < 4.78 is 0.969. The van der Waals surface area contributed by atoms with Gasteiger partial charge in [0.1, 0.15) is 11.4 Å². The van der Waals surface area contributed by atoms with Crippen molar-refractivity contribution in [1.82, 2.24) is 15.3 Å². The number of nitrogens with zero attached hydrogens (tertiary/aromatic N) is 2. The van der Waals surface area contributed by atoms with Crippen molar-refractivity contribution in [2.24, 2.45) is 0 Å². The van der Waals surface area contributed by atoms with E-state index in [1.165, 1.54) is 23.7 Å². The van der Waals surface area contributed by atoms with E-state index >= 15 is 0 Å². The number of benzene rings is 2. The number of hydrogen-bond acceptors (Lipinski definition) is 6. The Kier molecular flexibility index (Phi) is 6.59. The van der Waals surface area contributed by atoms with Gasteiger partial charge in [0.05, 0.1) is 27.2 Å². The molecule has 31 heavy (non-hydrogen) atoms. The van der Waals surface area contributed by atoms with Crippen LogP contribution >= 0.6 is 23.1 Å². The molecular weight excluding hydrogens is 428 g/mol. The van der Waals surface area contributed by atoms with Gasteiger partial charge in [-0.15, -0.1) is 11.3 Å². The number of fused-ring (bicyclic) bond motifs is 1. The van der Waals surface area contributed by atoms with E-state index in [-0.39, 0.29) is 17.6 Å². The number of carbonyl (C=O) groups is 2. The van der Waals surface area contributed by atoms with E-state index in [4.69, 9.17) is 0 Å². The third-order valence-electron chi connectivity index (χ3n) is 4.57. The molecule has 2 N–H and O–H groups in total. The van der Waals surface area contributed by atoms with Gasteiger partial charge in [0, 0.05) is 6.54 Å². The number of rotatable bonds is 7. The summed E-state index contributed by atoms with van der Waals surface area (Å²) in [6.07, 6.45) is 1.50. The monoisotopic (exact) mass is 448 g/mol. The second-order valence-electron chi connectivity index (χ2n) is 6.86. The number of carbonyl (C=O) groups excluding carboxylic acids is 2. The Morgan fingerprint density at radius 2 is 1.84 bits per heavy atom. The molecule has 8 heteroatoms. The minimum Gasteiger partial charge on any atom is -0.348 e. The van der Waals surface area contributed by atoms with Gasteiger partial charge in [-0.2, -0.15) is 0 Å². The van der Waals surface area contributed by atoms with Crippen LogP contribution in [0.25, 0.3) is 10.2 Å². The highest BCUT2D eigenvalue weighted by molar-refractivity contribution is 8.00. The minimum atomic E-state index is -0.236. The molecule has 0 spiro atoms. The van der Waals surface area contributed by atoms with Gasteiger partial charge in [-0.05, 0) is 36.1 Å². The van der Waals surface area contributed by atoms with Crippen molar-refractivity contribution in [1.29, 1.82) is 0 Å². The van der Waals surface area contributed by atoms with Crippen LogP contribution in [0.4, 0.5) is 5.69 Å². The van der Waals surface area contributed by atoms with E-state index < -0.39 is 0 Å². The summed E-state index contributed by atoms with van der Waals surface area (Å²) >= 11 is 2.90. The number of thioether (sulfide) groups is 1. The molecule has 0 aliphatic rings. The van der Waals surface area contributed by atoms with Crippen LogP contribution < -0.4 is 10.6 Å². The van der Waals surface area contributed by atoms with Gasteiger partial charge < -0.3 is 10.6 Å². The number of aromatic nitrogens is 2. The maximum Gasteiger partial charge on any atom is 0.253 e. The molecule has 4 rings (SSSR count). The molecule has 0 bridgehead atoms. The van der Waals surface area contributed by atoms with Crippen LogP contribution in [-0.2, 0) is 11.3 Å². The fourth-order valence-corrected chi connectivity index (χ4v) is 4.71. The van der Waals surface area contributed by atoms with Crippen LogP contribution in [0.2, 0.25) is 0 Å². The molecule has 0 fully saturated rings. The Labute approximate surface area is 188 Å². The van der Waals surface area contributed by atoms with Crippen molar-refractivity contribution >= 4 is 50.8 Å². The summed E-state index contributed by atoms with van der Waals surface area (Å²) in [6, 6.07) is 16.9. The zero-order valence-electron chi connectivity index (χ0n) is 16.8. The van der Waals surface area contributed by atoms with Gasteiger partial charge in [-0.25, -0.2) is 9.97 Å². The van der Waals surface area contributed by atoms with Crippen LogP contribution in [0.3, 0.4) is 0 Å². The van der Waals surface area contributed by atoms with Crippen molar-refractivity contribution in [3.05, 3.63) is 83.0 Å². The largest absolute Gasteiger partial charge is 0.348 e. The molecule has 0 saturated carbocycles. The molecule has 0 unspecified atom stereocenters. The molecule has 2 heterocycles. The zero-order valence-corrected chi connectivity index (χ0v) is 18.4. The Hall–Kier alpha value is -3.23. The van der Waals surface area contributed by atoms with E-state index in [2.05, 4.69) is 20.6 Å². The summed E-state index contributed by atoms with van der Waals surface area (Å²) in [4.78, 5) is 33.7. The highest BCUT2D eigenvalue weighted by atomic mass is 32.2. The Balaban J connectivity index is 1.38. The lowest BCUT2D eigenvalue weighted by Crippen LogP contribution is -2.25. The number of aryl methyl sites for hydroxylation is 1. The maximum absolute atomic E-state index is 12.7. The SMILES string of the molecule is Cc1ccc(CNC(=O)c2ccccc2NC(=O)CSc2ncnc3ccsc23)cc1. The number of thiophene rings is 1. The number of para-hydroxylation sites is 1. The smallest absolute Gasteiger partial charge is 0.253 e. The first-order valence-electron chi connectivity index (χ1n) is 9.64. The van der Waals surface area contributed by atoms with Crippen molar-refractivity contribution < 1.29 is 9.59 Å². The van der Waals surface area contributed by atoms with Crippen LogP contribution in [0.5, 0.6) is 0 Å². The third-order valence-corrected chi connectivity index (χ3v) is 6.60. The topological polar surface area (TPSA) is 84.0 Å². The fraction of sp³-hybridized carbons (Fsp3) is 0.130. The Bertz CT molecular complexity index is 1220. The van der Waals surface area contributed by atoms with Gasteiger partial charge >= 0.3 is 0 Å². The number of amides is 2. The normalized spacial score (nSPS) is 10.7. The van der Waals surface area contributed by atoms with Crippen LogP contribution in [0.1, 0.15) is 21.5 Å². The number of hydrogen-bond donors (Lipinski definition) is 2. The second-order valence-corrected chi connectivity index (χ2v) is 8.74. The van der Waals surface area contributed by atoms with Crippen LogP contribution in [0, 0.1) is 6.92 Å². The lowest BCUT2D eigenvalue weighted by atomic mass is 10.1. The first-order valence-corrected chi connectivity index (χ1v) is 11.5. The molecule has 0 aliphatic heterocycles. The average Bonchev–Trinajstić information content (AvgIpc) is 3.27. The first kappa shape index (κ1) is 21.0. The lowest BCUT2D eigenvalue weighted by Gasteiger charge is -2.11. The molecule has 2 aromatic heterocycles. The fourth-order valence-electron chi connectivity index (χ4n) is 2.96. The summed E-state index contributed by atoms with van der Waals surface area (Å²) in [7, 11) is 0. The molecule has 0 atom stereocenters. The molecule has 4 aromatic rings. The van der Waals surface area contributed by atoms with Crippen LogP contribution in [-0.4, -0.2) is 27.5 Å². The molecular formula is C23H20N4O2S2. The van der Waals surface area contributed by atoms with Gasteiger partial charge in [0.25, 0.3) is 5.91 Å². The highest BCUT2D eigenvalue weighted by Crippen LogP contribution is 2.28. The van der Waals surface area contributed by atoms with Crippen molar-refractivity contribution in [2.75, 3.05) is 11.1 Å². The maximum atomic E-state index is 12.7. The highest BCUT2D eigenvalue weighted by Gasteiger charge is 2.14. The standard InChI is InChI=1S/C23H20N4O2S2/c1-15-6-8-16(9-7-15)12-24-22(29)17-4-2-3-5-18(17)27-20(28)13-31-23-21-19(10-11-30-21)25-14-26-23/h2-11,14H,12-13H2,1H3,(H,24,29)(H,27,28). The van der Waals surface area contributed by atoms with Gasteiger partial charge in [0.15, 0.2) is 0 Å². The number of nitrogens with one attached hydrogen (secondary N) is 2. The van der Waals surface area contributed by atoms with Gasteiger partial charge in [-0.3, -0.25) is 9.59 Å².